The number of nitrogens with zero attached hydrogens (tertiary/aromatic N) is 2. The number of rotatable bonds is 4. The van der Waals surface area contributed by atoms with Crippen LogP contribution in [0.3, 0.4) is 0 Å². The summed E-state index contributed by atoms with van der Waals surface area (Å²) in [6, 6.07) is 2.06. The zero-order chi connectivity index (χ0) is 13.8. The molecule has 3 rings (SSSR count). The molecule has 2 aliphatic rings. The van der Waals surface area contributed by atoms with Crippen molar-refractivity contribution in [3.63, 3.8) is 0 Å². The van der Waals surface area contributed by atoms with Crippen molar-refractivity contribution in [1.29, 1.82) is 0 Å². The van der Waals surface area contributed by atoms with Gasteiger partial charge in [0.2, 0.25) is 0 Å². The summed E-state index contributed by atoms with van der Waals surface area (Å²) in [6.45, 7) is 7.01. The lowest BCUT2D eigenvalue weighted by molar-refractivity contribution is 0.124. The molecular weight excluding hydrogens is 268 g/mol. The number of hydrogen-bond donors (Lipinski definition) is 1. The van der Waals surface area contributed by atoms with E-state index in [4.69, 9.17) is 5.11 Å². The van der Waals surface area contributed by atoms with E-state index >= 15 is 0 Å². The molecule has 1 aromatic rings. The average Bonchev–Trinajstić information content (AvgIpc) is 3.17. The third kappa shape index (κ3) is 3.83. The Hall–Kier alpha value is -0.860. The van der Waals surface area contributed by atoms with E-state index < -0.39 is 0 Å². The quantitative estimate of drug-likeness (QED) is 0.854. The lowest BCUT2D eigenvalue weighted by atomic mass is 10.2. The van der Waals surface area contributed by atoms with Crippen molar-refractivity contribution in [1.82, 2.24) is 9.80 Å². The van der Waals surface area contributed by atoms with E-state index in [-0.39, 0.29) is 6.61 Å². The van der Waals surface area contributed by atoms with E-state index in [2.05, 4.69) is 33.1 Å². The van der Waals surface area contributed by atoms with E-state index in [0.717, 1.165) is 31.1 Å². The first kappa shape index (κ1) is 14.1. The monoisotopic (exact) mass is 290 g/mol. The lowest BCUT2D eigenvalue weighted by Gasteiger charge is -2.34. The van der Waals surface area contributed by atoms with E-state index in [9.17, 15) is 0 Å². The first-order valence-electron chi connectivity index (χ1n) is 7.46. The van der Waals surface area contributed by atoms with Crippen LogP contribution in [-0.2, 0) is 6.54 Å². The minimum Gasteiger partial charge on any atom is -0.384 e. The van der Waals surface area contributed by atoms with Gasteiger partial charge in [-0.2, -0.15) is 0 Å². The van der Waals surface area contributed by atoms with Gasteiger partial charge in [-0.05, 0) is 30.2 Å². The molecular formula is C16H22N2OS. The molecule has 1 saturated carbocycles. The summed E-state index contributed by atoms with van der Waals surface area (Å²) >= 11 is 1.78. The molecule has 1 aliphatic heterocycles. The van der Waals surface area contributed by atoms with Gasteiger partial charge in [-0.15, -0.1) is 11.3 Å². The summed E-state index contributed by atoms with van der Waals surface area (Å²) in [5.41, 5.74) is 1.09. The highest BCUT2D eigenvalue weighted by atomic mass is 32.1. The lowest BCUT2D eigenvalue weighted by Crippen LogP contribution is -2.46. The fourth-order valence-electron chi connectivity index (χ4n) is 2.71. The number of thiophene rings is 1. The molecule has 0 spiro atoms. The second kappa shape index (κ2) is 6.73. The highest BCUT2D eigenvalue weighted by Gasteiger charge is 2.26. The summed E-state index contributed by atoms with van der Waals surface area (Å²) in [7, 11) is 0. The molecule has 4 heteroatoms. The van der Waals surface area contributed by atoms with Crippen LogP contribution < -0.4 is 0 Å². The minimum absolute atomic E-state index is 0.0604. The first-order chi connectivity index (χ1) is 9.85. The highest BCUT2D eigenvalue weighted by molar-refractivity contribution is 7.10. The average molecular weight is 290 g/mol. The van der Waals surface area contributed by atoms with Crippen LogP contribution in [0.2, 0.25) is 0 Å². The van der Waals surface area contributed by atoms with Crippen LogP contribution >= 0.6 is 11.3 Å². The molecule has 0 atom stereocenters. The maximum Gasteiger partial charge on any atom is 0.104 e. The van der Waals surface area contributed by atoms with Crippen LogP contribution in [0, 0.1) is 17.8 Å². The van der Waals surface area contributed by atoms with Crippen LogP contribution in [-0.4, -0.2) is 54.2 Å². The molecule has 1 saturated heterocycles. The van der Waals surface area contributed by atoms with Crippen LogP contribution in [0.5, 0.6) is 0 Å². The largest absolute Gasteiger partial charge is 0.384 e. The fourth-order valence-corrected chi connectivity index (χ4v) is 3.58. The zero-order valence-electron chi connectivity index (χ0n) is 11.8. The van der Waals surface area contributed by atoms with Crippen molar-refractivity contribution < 1.29 is 5.11 Å². The first-order valence-corrected chi connectivity index (χ1v) is 8.34. The number of aliphatic hydroxyl groups excluding tert-OH is 1. The van der Waals surface area contributed by atoms with Crippen LogP contribution in [0.1, 0.15) is 23.3 Å². The van der Waals surface area contributed by atoms with E-state index in [1.165, 1.54) is 37.4 Å². The maximum absolute atomic E-state index is 8.80. The molecule has 0 unspecified atom stereocenters. The van der Waals surface area contributed by atoms with Crippen molar-refractivity contribution in [2.24, 2.45) is 5.92 Å². The Morgan fingerprint density at radius 3 is 2.65 bits per heavy atom. The Morgan fingerprint density at radius 2 is 1.95 bits per heavy atom. The second-order valence-electron chi connectivity index (χ2n) is 5.74. The summed E-state index contributed by atoms with van der Waals surface area (Å²) in [6.07, 6.45) is 2.89. The van der Waals surface area contributed by atoms with Gasteiger partial charge in [0.25, 0.3) is 0 Å². The number of piperazine rings is 1. The molecule has 0 bridgehead atoms. The molecule has 0 aromatic carbocycles. The third-order valence-electron chi connectivity index (χ3n) is 4.09. The smallest absolute Gasteiger partial charge is 0.104 e. The predicted molar refractivity (Wildman–Crippen MR) is 82.7 cm³/mol. The maximum atomic E-state index is 8.80. The Morgan fingerprint density at radius 1 is 1.20 bits per heavy atom. The molecule has 1 aromatic heterocycles. The molecule has 1 aliphatic carbocycles. The van der Waals surface area contributed by atoms with Gasteiger partial charge in [-0.1, -0.05) is 11.8 Å². The SMILES string of the molecule is OCC#Cc1ccsc1CN1CCN(CC2CC2)CC1. The molecule has 2 heterocycles. The minimum atomic E-state index is -0.0604. The molecule has 108 valence electrons. The summed E-state index contributed by atoms with van der Waals surface area (Å²) in [4.78, 5) is 6.48. The highest BCUT2D eigenvalue weighted by Crippen LogP contribution is 2.30. The van der Waals surface area contributed by atoms with Gasteiger partial charge in [-0.25, -0.2) is 0 Å². The van der Waals surface area contributed by atoms with Gasteiger partial charge in [-0.3, -0.25) is 4.90 Å². The summed E-state index contributed by atoms with van der Waals surface area (Å²) in [5, 5.41) is 10.9. The number of aliphatic hydroxyl groups is 1. The van der Waals surface area contributed by atoms with Crippen molar-refractivity contribution in [3.05, 3.63) is 21.9 Å². The van der Waals surface area contributed by atoms with Gasteiger partial charge in [0.15, 0.2) is 0 Å². The van der Waals surface area contributed by atoms with Gasteiger partial charge >= 0.3 is 0 Å². The van der Waals surface area contributed by atoms with Crippen molar-refractivity contribution in [2.75, 3.05) is 39.3 Å². The van der Waals surface area contributed by atoms with E-state index in [0.29, 0.717) is 0 Å². The molecule has 1 N–H and O–H groups in total. The Balaban J connectivity index is 1.50. The van der Waals surface area contributed by atoms with Crippen molar-refractivity contribution in [3.8, 4) is 11.8 Å². The van der Waals surface area contributed by atoms with Gasteiger partial charge < -0.3 is 10.0 Å². The van der Waals surface area contributed by atoms with Gasteiger partial charge in [0.05, 0.1) is 0 Å². The van der Waals surface area contributed by atoms with E-state index in [1.807, 2.05) is 0 Å². The van der Waals surface area contributed by atoms with Crippen molar-refractivity contribution >= 4 is 11.3 Å². The van der Waals surface area contributed by atoms with Gasteiger partial charge in [0.1, 0.15) is 6.61 Å². The third-order valence-corrected chi connectivity index (χ3v) is 5.00. The Labute approximate surface area is 125 Å². The fraction of sp³-hybridized carbons (Fsp3) is 0.625. The summed E-state index contributed by atoms with van der Waals surface area (Å²) in [5.74, 6) is 6.80. The molecule has 20 heavy (non-hydrogen) atoms. The van der Waals surface area contributed by atoms with Crippen molar-refractivity contribution in [2.45, 2.75) is 19.4 Å². The summed E-state index contributed by atoms with van der Waals surface area (Å²) < 4.78 is 0. The molecule has 3 nitrogen and oxygen atoms in total. The Kier molecular flexibility index (Phi) is 4.74. The molecule has 0 radical (unpaired) electrons. The van der Waals surface area contributed by atoms with Crippen LogP contribution in [0.25, 0.3) is 0 Å². The second-order valence-corrected chi connectivity index (χ2v) is 6.74. The van der Waals surface area contributed by atoms with Gasteiger partial charge in [0, 0.05) is 49.7 Å². The standard InChI is InChI=1S/C16H22N2OS/c19-10-1-2-15-5-11-20-16(15)13-18-8-6-17(7-9-18)12-14-3-4-14/h5,11,14,19H,3-4,6-10,12-13H2. The van der Waals surface area contributed by atoms with Crippen LogP contribution in [0.15, 0.2) is 11.4 Å². The molecule has 0 amide bonds. The Bertz CT molecular complexity index is 490. The normalized spacial score (nSPS) is 20.6. The molecule has 2 fully saturated rings. The predicted octanol–water partition coefficient (Wildman–Crippen LogP) is 1.62. The number of hydrogen-bond acceptors (Lipinski definition) is 4. The van der Waals surface area contributed by atoms with Crippen LogP contribution in [0.4, 0.5) is 0 Å². The van der Waals surface area contributed by atoms with E-state index in [1.54, 1.807) is 11.3 Å². The zero-order valence-corrected chi connectivity index (χ0v) is 12.7. The topological polar surface area (TPSA) is 26.7 Å².